The van der Waals surface area contributed by atoms with E-state index in [0.717, 1.165) is 22.9 Å². The monoisotopic (exact) mass is 343 g/mol. The lowest BCUT2D eigenvalue weighted by Crippen LogP contribution is -1.97. The van der Waals surface area contributed by atoms with E-state index in [1.165, 1.54) is 12.1 Å². The van der Waals surface area contributed by atoms with Gasteiger partial charge in [-0.25, -0.2) is 9.37 Å². The van der Waals surface area contributed by atoms with Crippen LogP contribution in [0, 0.1) is 12.7 Å². The summed E-state index contributed by atoms with van der Waals surface area (Å²) in [4.78, 5) is 15.2. The average molecular weight is 343 g/mol. The Morgan fingerprint density at radius 3 is 2.38 bits per heavy atom. The van der Waals surface area contributed by atoms with Crippen molar-refractivity contribution < 1.29 is 18.7 Å². The molecule has 1 heterocycles. The van der Waals surface area contributed by atoms with Crippen LogP contribution < -0.4 is 0 Å². The maximum absolute atomic E-state index is 13.2. The van der Waals surface area contributed by atoms with Gasteiger partial charge in [-0.05, 0) is 31.2 Å². The van der Waals surface area contributed by atoms with Gasteiger partial charge in [-0.2, -0.15) is 0 Å². The van der Waals surface area contributed by atoms with Crippen LogP contribution in [0.3, 0.4) is 0 Å². The van der Waals surface area contributed by atoms with E-state index in [1.807, 2.05) is 31.2 Å². The summed E-state index contributed by atoms with van der Waals surface area (Å²) in [7, 11) is 0. The molecule has 0 bridgehead atoms. The fraction of sp³-hybridized carbons (Fsp3) is 0.111. The van der Waals surface area contributed by atoms with Crippen molar-refractivity contribution in [3.63, 3.8) is 0 Å². The van der Waals surface area contributed by atoms with Gasteiger partial charge in [0.25, 0.3) is 5.22 Å². The zero-order chi connectivity index (χ0) is 17.1. The summed E-state index contributed by atoms with van der Waals surface area (Å²) in [6.07, 6.45) is 0. The molecule has 1 N–H and O–H groups in total. The quantitative estimate of drug-likeness (QED) is 0.684. The SMILES string of the molecule is Cc1ccc(-c2nc(SCC(=O)O)oc2-c2ccc(F)cc2)cc1. The molecule has 3 rings (SSSR count). The fourth-order valence-corrected chi connectivity index (χ4v) is 2.73. The molecule has 0 radical (unpaired) electrons. The lowest BCUT2D eigenvalue weighted by molar-refractivity contribution is -0.133. The van der Waals surface area contributed by atoms with Gasteiger partial charge in [0.15, 0.2) is 5.76 Å². The number of aliphatic carboxylic acids is 1. The van der Waals surface area contributed by atoms with E-state index < -0.39 is 5.97 Å². The molecule has 2 aromatic carbocycles. The largest absolute Gasteiger partial charge is 0.481 e. The Balaban J connectivity index is 2.05. The molecule has 4 nitrogen and oxygen atoms in total. The number of hydrogen-bond donors (Lipinski definition) is 1. The van der Waals surface area contributed by atoms with Gasteiger partial charge in [0.05, 0.1) is 0 Å². The first kappa shape index (κ1) is 16.3. The molecular formula is C18H14FNO3S. The molecule has 0 aliphatic rings. The van der Waals surface area contributed by atoms with Crippen LogP contribution in [0.5, 0.6) is 0 Å². The molecule has 3 aromatic rings. The Bertz CT molecular complexity index is 794. The van der Waals surface area contributed by atoms with Gasteiger partial charge in [-0.3, -0.25) is 4.79 Å². The second kappa shape index (κ2) is 6.88. The van der Waals surface area contributed by atoms with Gasteiger partial charge in [-0.15, -0.1) is 0 Å². The number of carboxylic acids is 1. The summed E-state index contributed by atoms with van der Waals surface area (Å²) in [6.45, 7) is 1.99. The van der Waals surface area contributed by atoms with Crippen LogP contribution in [0.1, 0.15) is 5.56 Å². The number of halogens is 1. The first-order valence-electron chi connectivity index (χ1n) is 7.21. The van der Waals surface area contributed by atoms with E-state index in [1.54, 1.807) is 12.1 Å². The van der Waals surface area contributed by atoms with E-state index in [0.29, 0.717) is 17.0 Å². The summed E-state index contributed by atoms with van der Waals surface area (Å²) in [5.74, 6) is -0.933. The van der Waals surface area contributed by atoms with E-state index in [-0.39, 0.29) is 16.8 Å². The van der Waals surface area contributed by atoms with Crippen molar-refractivity contribution in [2.24, 2.45) is 0 Å². The smallest absolute Gasteiger partial charge is 0.314 e. The number of rotatable bonds is 5. The van der Waals surface area contributed by atoms with Crippen molar-refractivity contribution in [2.75, 3.05) is 5.75 Å². The number of carboxylic acid groups (broad SMARTS) is 1. The summed E-state index contributed by atoms with van der Waals surface area (Å²) in [6, 6.07) is 13.7. The van der Waals surface area contributed by atoms with E-state index in [4.69, 9.17) is 9.52 Å². The minimum atomic E-state index is -0.946. The van der Waals surface area contributed by atoms with Crippen molar-refractivity contribution >= 4 is 17.7 Å². The third-order valence-corrected chi connectivity index (χ3v) is 4.17. The molecule has 0 spiro atoms. The highest BCUT2D eigenvalue weighted by Gasteiger charge is 2.18. The minimum absolute atomic E-state index is 0.142. The Morgan fingerprint density at radius 2 is 1.75 bits per heavy atom. The molecular weight excluding hydrogens is 329 g/mol. The number of aryl methyl sites for hydroxylation is 1. The van der Waals surface area contributed by atoms with Crippen molar-refractivity contribution in [1.82, 2.24) is 4.98 Å². The van der Waals surface area contributed by atoms with Gasteiger partial charge in [0, 0.05) is 11.1 Å². The van der Waals surface area contributed by atoms with Crippen molar-refractivity contribution in [2.45, 2.75) is 12.1 Å². The van der Waals surface area contributed by atoms with Crippen LogP contribution in [0.4, 0.5) is 4.39 Å². The third kappa shape index (κ3) is 3.65. The topological polar surface area (TPSA) is 63.3 Å². The number of benzene rings is 2. The average Bonchev–Trinajstić information content (AvgIpc) is 2.98. The first-order valence-corrected chi connectivity index (χ1v) is 8.20. The Kier molecular flexibility index (Phi) is 4.66. The van der Waals surface area contributed by atoms with Crippen LogP contribution in [0.15, 0.2) is 58.2 Å². The highest BCUT2D eigenvalue weighted by atomic mass is 32.2. The highest BCUT2D eigenvalue weighted by Crippen LogP contribution is 2.35. The van der Waals surface area contributed by atoms with Crippen LogP contribution in [0.2, 0.25) is 0 Å². The van der Waals surface area contributed by atoms with E-state index >= 15 is 0 Å². The standard InChI is InChI=1S/C18H14FNO3S/c1-11-2-4-12(5-3-11)16-17(13-6-8-14(19)9-7-13)23-18(20-16)24-10-15(21)22/h2-9H,10H2,1H3,(H,21,22). The number of carbonyl (C=O) groups is 1. The molecule has 0 amide bonds. The molecule has 0 saturated carbocycles. The number of oxazole rings is 1. The molecule has 0 atom stereocenters. The summed E-state index contributed by atoms with van der Waals surface area (Å²) >= 11 is 1.01. The normalized spacial score (nSPS) is 10.8. The summed E-state index contributed by atoms with van der Waals surface area (Å²) in [5, 5.41) is 9.08. The predicted octanol–water partition coefficient (Wildman–Crippen LogP) is 4.63. The molecule has 0 saturated heterocycles. The second-order valence-electron chi connectivity index (χ2n) is 5.21. The van der Waals surface area contributed by atoms with Crippen LogP contribution >= 0.6 is 11.8 Å². The van der Waals surface area contributed by atoms with E-state index in [2.05, 4.69) is 4.98 Å². The van der Waals surface area contributed by atoms with Crippen LogP contribution in [0.25, 0.3) is 22.6 Å². The molecule has 6 heteroatoms. The van der Waals surface area contributed by atoms with Crippen molar-refractivity contribution in [3.8, 4) is 22.6 Å². The molecule has 122 valence electrons. The molecule has 1 aromatic heterocycles. The summed E-state index contributed by atoms with van der Waals surface area (Å²) in [5.41, 5.74) is 3.26. The maximum atomic E-state index is 13.2. The number of nitrogens with zero attached hydrogens (tertiary/aromatic N) is 1. The highest BCUT2D eigenvalue weighted by molar-refractivity contribution is 7.99. The Labute approximate surface area is 142 Å². The maximum Gasteiger partial charge on any atom is 0.314 e. The molecule has 0 fully saturated rings. The molecule has 0 aliphatic carbocycles. The first-order chi connectivity index (χ1) is 11.5. The van der Waals surface area contributed by atoms with Crippen molar-refractivity contribution in [3.05, 3.63) is 59.9 Å². The third-order valence-electron chi connectivity index (χ3n) is 3.36. The number of hydrogen-bond acceptors (Lipinski definition) is 4. The van der Waals surface area contributed by atoms with Gasteiger partial charge in [-0.1, -0.05) is 41.6 Å². The van der Waals surface area contributed by atoms with Crippen LogP contribution in [-0.2, 0) is 4.79 Å². The van der Waals surface area contributed by atoms with E-state index in [9.17, 15) is 9.18 Å². The Morgan fingerprint density at radius 1 is 1.12 bits per heavy atom. The molecule has 0 unspecified atom stereocenters. The lowest BCUT2D eigenvalue weighted by atomic mass is 10.0. The van der Waals surface area contributed by atoms with Gasteiger partial charge in [0.2, 0.25) is 0 Å². The van der Waals surface area contributed by atoms with Crippen molar-refractivity contribution in [1.29, 1.82) is 0 Å². The molecule has 24 heavy (non-hydrogen) atoms. The summed E-state index contributed by atoms with van der Waals surface area (Å²) < 4.78 is 18.9. The molecule has 0 aliphatic heterocycles. The van der Waals surface area contributed by atoms with Gasteiger partial charge < -0.3 is 9.52 Å². The fourth-order valence-electron chi connectivity index (χ4n) is 2.19. The number of thioether (sulfide) groups is 1. The second-order valence-corrected chi connectivity index (χ2v) is 6.14. The Hall–Kier alpha value is -2.60. The van der Waals surface area contributed by atoms with Gasteiger partial charge >= 0.3 is 5.97 Å². The zero-order valence-corrected chi connectivity index (χ0v) is 13.6. The number of aromatic nitrogens is 1. The predicted molar refractivity (Wildman–Crippen MR) is 90.4 cm³/mol. The minimum Gasteiger partial charge on any atom is -0.481 e. The van der Waals surface area contributed by atoms with Gasteiger partial charge in [0.1, 0.15) is 17.3 Å². The zero-order valence-electron chi connectivity index (χ0n) is 12.8. The van der Waals surface area contributed by atoms with Crippen LogP contribution in [-0.4, -0.2) is 21.8 Å². The lowest BCUT2D eigenvalue weighted by Gasteiger charge is -2.02.